The first kappa shape index (κ1) is 45.6. The van der Waals surface area contributed by atoms with Crippen molar-refractivity contribution in [2.24, 2.45) is 0 Å². The van der Waals surface area contributed by atoms with Crippen LogP contribution in [0.3, 0.4) is 0 Å². The summed E-state index contributed by atoms with van der Waals surface area (Å²) in [6, 6.07) is 22.0. The van der Waals surface area contributed by atoms with E-state index in [9.17, 15) is 55.0 Å². The number of aromatic hydroxyl groups is 1. The van der Waals surface area contributed by atoms with Crippen molar-refractivity contribution in [3.05, 3.63) is 159 Å². The summed E-state index contributed by atoms with van der Waals surface area (Å²) in [5.74, 6) is -16.6. The van der Waals surface area contributed by atoms with Gasteiger partial charge in [0, 0.05) is 26.5 Å². The van der Waals surface area contributed by atoms with Gasteiger partial charge in [-0.1, -0.05) is 48.5 Å². The minimum Gasteiger partial charge on any atom is -0.506 e. The number of benzene rings is 6. The molecule has 2 heterocycles. The monoisotopic (exact) mass is 889 g/mol. The van der Waals surface area contributed by atoms with Gasteiger partial charge in [0.15, 0.2) is 46.4 Å². The van der Waals surface area contributed by atoms with Gasteiger partial charge in [-0.2, -0.15) is 4.39 Å². The maximum Gasteiger partial charge on any atom is 0.343 e. The van der Waals surface area contributed by atoms with Crippen molar-refractivity contribution in [2.45, 2.75) is 13.8 Å². The zero-order chi connectivity index (χ0) is 46.7. The highest BCUT2D eigenvalue weighted by molar-refractivity contribution is 6.24. The van der Waals surface area contributed by atoms with Crippen LogP contribution in [0.5, 0.6) is 17.2 Å². The lowest BCUT2D eigenvalue weighted by Crippen LogP contribution is -2.24. The molecule has 0 spiro atoms. The van der Waals surface area contributed by atoms with Gasteiger partial charge >= 0.3 is 11.9 Å². The molecule has 1 aromatic heterocycles. The van der Waals surface area contributed by atoms with E-state index in [0.29, 0.717) is 11.4 Å². The van der Waals surface area contributed by atoms with Crippen LogP contribution in [0.25, 0.3) is 38.1 Å². The van der Waals surface area contributed by atoms with Crippen molar-refractivity contribution >= 4 is 55.9 Å². The minimum atomic E-state index is -2.13. The number of nitrogens with two attached hydrogens (primary N) is 1. The predicted molar refractivity (Wildman–Crippen MR) is 222 cm³/mol. The van der Waals surface area contributed by atoms with E-state index in [1.54, 1.807) is 43.3 Å². The van der Waals surface area contributed by atoms with Crippen molar-refractivity contribution in [3.63, 3.8) is 0 Å². The number of ether oxygens (including phenoxy) is 3. The lowest BCUT2D eigenvalue weighted by molar-refractivity contribution is -0.138. The summed E-state index contributed by atoms with van der Waals surface area (Å²) in [4.78, 5) is 50.3. The van der Waals surface area contributed by atoms with E-state index in [2.05, 4.69) is 4.74 Å². The van der Waals surface area contributed by atoms with Crippen molar-refractivity contribution in [3.8, 4) is 22.9 Å². The molecule has 64 heavy (non-hydrogen) atoms. The van der Waals surface area contributed by atoms with Crippen molar-refractivity contribution in [1.29, 1.82) is 0 Å². The van der Waals surface area contributed by atoms with Crippen LogP contribution in [0.15, 0.2) is 102 Å². The number of pyridine rings is 1. The topological polar surface area (TPSA) is 150 Å². The molecule has 0 aliphatic carbocycles. The van der Waals surface area contributed by atoms with Gasteiger partial charge in [-0.25, -0.2) is 35.9 Å². The Hall–Kier alpha value is -7.89. The van der Waals surface area contributed by atoms with Crippen LogP contribution in [-0.2, 0) is 14.3 Å². The number of hydrogen-bond donors (Lipinski definition) is 2. The third kappa shape index (κ3) is 8.74. The molecule has 0 saturated carbocycles. The standard InChI is InChI=1S/C22H12F3NO4.C14H13F4NO3.C10H9NO/c1-2-29-22(28)12-9-26-13-7-10-5-3-4-6-11(10)8-14(13)30-21-18(25)17(24)16(23)15(19(21)26)20(12)27;1-4-22-14(21)8(6-19(2)3)13(20)7-5-9(15)11(17)12(18)10(7)16;11-9-5-7-3-1-2-4-8(7)6-10(9)12/h3-9H,2H2,1H3;5-6H,4H2,1-3H3;1-6,12H,11H2/b;8-6-;. The molecule has 0 bridgehead atoms. The van der Waals surface area contributed by atoms with E-state index in [1.165, 1.54) is 30.5 Å². The van der Waals surface area contributed by atoms with Crippen LogP contribution in [0.4, 0.5) is 36.4 Å². The number of ketones is 1. The third-order valence-corrected chi connectivity index (χ3v) is 9.39. The predicted octanol–water partition coefficient (Wildman–Crippen LogP) is 9.41. The van der Waals surface area contributed by atoms with Crippen LogP contribution >= 0.6 is 0 Å². The van der Waals surface area contributed by atoms with Gasteiger partial charge in [-0.3, -0.25) is 9.59 Å². The van der Waals surface area contributed by atoms with Crippen LogP contribution in [0.1, 0.15) is 34.6 Å². The second kappa shape index (κ2) is 18.6. The number of carbonyl (C=O) groups is 3. The van der Waals surface area contributed by atoms with Gasteiger partial charge in [0.25, 0.3) is 0 Å². The Bertz CT molecular complexity index is 3090. The minimum absolute atomic E-state index is 0.0217. The molecule has 0 unspecified atom stereocenters. The smallest absolute Gasteiger partial charge is 0.343 e. The zero-order valence-electron chi connectivity index (χ0n) is 34.0. The average molecular weight is 890 g/mol. The van der Waals surface area contributed by atoms with E-state index in [0.717, 1.165) is 33.9 Å². The van der Waals surface area contributed by atoms with Crippen molar-refractivity contribution in [2.75, 3.05) is 33.0 Å². The molecule has 1 aliphatic heterocycles. The second-order valence-electron chi connectivity index (χ2n) is 13.9. The van der Waals surface area contributed by atoms with Gasteiger partial charge in [0.1, 0.15) is 22.4 Å². The van der Waals surface area contributed by atoms with E-state index >= 15 is 0 Å². The largest absolute Gasteiger partial charge is 0.506 e. The van der Waals surface area contributed by atoms with Gasteiger partial charge in [-0.05, 0) is 65.7 Å². The number of aromatic nitrogens is 1. The Morgan fingerprint density at radius 3 is 1.89 bits per heavy atom. The van der Waals surface area contributed by atoms with E-state index < -0.39 is 91.7 Å². The number of carbonyl (C=O) groups excluding carboxylic acids is 3. The number of halogens is 7. The summed E-state index contributed by atoms with van der Waals surface area (Å²) in [5.41, 5.74) is 2.65. The Balaban J connectivity index is 0.000000175. The van der Waals surface area contributed by atoms with Gasteiger partial charge < -0.3 is 34.5 Å². The number of anilines is 1. The highest BCUT2D eigenvalue weighted by Gasteiger charge is 2.33. The van der Waals surface area contributed by atoms with E-state index in [1.807, 2.05) is 36.4 Å². The second-order valence-corrected chi connectivity index (χ2v) is 13.9. The molecule has 18 heteroatoms. The summed E-state index contributed by atoms with van der Waals surface area (Å²) in [7, 11) is 2.93. The molecule has 6 aromatic carbocycles. The molecule has 0 fully saturated rings. The lowest BCUT2D eigenvalue weighted by atomic mass is 10.0. The fourth-order valence-electron chi connectivity index (χ4n) is 6.48. The molecule has 7 aromatic rings. The number of phenols is 1. The molecular weight excluding hydrogens is 856 g/mol. The number of nitrogen functional groups attached to an aromatic ring is 1. The van der Waals surface area contributed by atoms with Crippen LogP contribution < -0.4 is 15.9 Å². The fraction of sp³-hybridized carbons (Fsp3) is 0.130. The van der Waals surface area contributed by atoms with Gasteiger partial charge in [0.2, 0.25) is 17.0 Å². The zero-order valence-corrected chi connectivity index (χ0v) is 34.0. The summed E-state index contributed by atoms with van der Waals surface area (Å²) >= 11 is 0. The third-order valence-electron chi connectivity index (χ3n) is 9.39. The molecule has 0 saturated heterocycles. The lowest BCUT2D eigenvalue weighted by Gasteiger charge is -2.25. The molecule has 0 atom stereocenters. The van der Waals surface area contributed by atoms with Crippen LogP contribution in [0.2, 0.25) is 0 Å². The van der Waals surface area contributed by atoms with Crippen molar-refractivity contribution in [1.82, 2.24) is 9.47 Å². The number of nitrogens with zero attached hydrogens (tertiary/aromatic N) is 2. The van der Waals surface area contributed by atoms with Crippen molar-refractivity contribution < 1.29 is 64.4 Å². The highest BCUT2D eigenvalue weighted by atomic mass is 19.2. The normalized spacial score (nSPS) is 11.5. The first-order chi connectivity index (χ1) is 30.4. The summed E-state index contributed by atoms with van der Waals surface area (Å²) < 4.78 is 113. The summed E-state index contributed by atoms with van der Waals surface area (Å²) in [5, 5.41) is 12.1. The first-order valence-electron chi connectivity index (χ1n) is 18.9. The highest BCUT2D eigenvalue weighted by Crippen LogP contribution is 2.44. The Labute approximate surface area is 357 Å². The number of Topliss-reactive ketones (excluding diaryl/α,β-unsaturated/α-hetero) is 1. The van der Waals surface area contributed by atoms with Crippen LogP contribution in [-0.4, -0.2) is 59.6 Å². The molecule has 330 valence electrons. The molecule has 0 amide bonds. The maximum atomic E-state index is 14.7. The van der Waals surface area contributed by atoms with E-state index in [4.69, 9.17) is 15.2 Å². The number of hydrogen-bond acceptors (Lipinski definition) is 10. The average Bonchev–Trinajstić information content (AvgIpc) is 3.27. The van der Waals surface area contributed by atoms with E-state index in [-0.39, 0.29) is 36.3 Å². The van der Waals surface area contributed by atoms with Gasteiger partial charge in [-0.15, -0.1) is 0 Å². The number of rotatable bonds is 7. The molecule has 3 N–H and O–H groups in total. The number of fused-ring (bicyclic) bond motifs is 4. The molecule has 0 radical (unpaired) electrons. The first-order valence-corrected chi connectivity index (χ1v) is 18.9. The SMILES string of the molecule is CCOC(=O)/C(=C\N(C)C)C(=O)c1cc(F)c(F)c(F)c1F.CCOC(=O)c1cn2c3c(c(F)c(F)c(F)c3c1=O)Oc1cc3ccccc3cc1-2.Nc1cc2ccccc2cc1O. The summed E-state index contributed by atoms with van der Waals surface area (Å²) in [6.07, 6.45) is 2.15. The van der Waals surface area contributed by atoms with Crippen LogP contribution in [0, 0.1) is 40.7 Å². The molecule has 11 nitrogen and oxygen atoms in total. The molecule has 8 rings (SSSR count). The fourth-order valence-corrected chi connectivity index (χ4v) is 6.48. The summed E-state index contributed by atoms with van der Waals surface area (Å²) in [6.45, 7) is 2.94. The maximum absolute atomic E-state index is 14.7. The number of esters is 2. The Kier molecular flexibility index (Phi) is 13.3. The molecular formula is C46H34F7N3O8. The molecule has 1 aliphatic rings. The quantitative estimate of drug-likeness (QED) is 0.0151. The number of phenolic OH excluding ortho intramolecular Hbond substituents is 1. The Morgan fingerprint density at radius 1 is 0.734 bits per heavy atom. The Morgan fingerprint density at radius 2 is 1.30 bits per heavy atom. The van der Waals surface area contributed by atoms with Gasteiger partial charge in [0.05, 0.1) is 35.5 Å².